The minimum Gasteiger partial charge on any atom is -0.293 e. The Morgan fingerprint density at radius 1 is 0.861 bits per heavy atom. The Bertz CT molecular complexity index is 1910. The number of benzene rings is 2. The third-order valence-electron chi connectivity index (χ3n) is 6.73. The number of para-hydroxylation sites is 1. The van der Waals surface area contributed by atoms with Gasteiger partial charge < -0.3 is 0 Å². The summed E-state index contributed by atoms with van der Waals surface area (Å²) in [6, 6.07) is 22.1. The predicted molar refractivity (Wildman–Crippen MR) is 141 cm³/mol. The van der Waals surface area contributed by atoms with Crippen molar-refractivity contribution in [1.82, 2.24) is 24.1 Å². The molecule has 0 atom stereocenters. The van der Waals surface area contributed by atoms with E-state index in [4.69, 9.17) is 0 Å². The van der Waals surface area contributed by atoms with Crippen molar-refractivity contribution in [3.8, 4) is 22.9 Å². The molecule has 36 heavy (non-hydrogen) atoms. The summed E-state index contributed by atoms with van der Waals surface area (Å²) in [7, 11) is 1.74. The molecule has 4 aromatic heterocycles. The molecule has 2 aromatic carbocycles. The Labute approximate surface area is 206 Å². The minimum atomic E-state index is -0.721. The normalized spacial score (nSPS) is 11.8. The van der Waals surface area contributed by atoms with Crippen molar-refractivity contribution in [2.24, 2.45) is 7.05 Å². The van der Waals surface area contributed by atoms with Crippen LogP contribution in [0.1, 0.15) is 19.5 Å². The quantitative estimate of drug-likeness (QED) is 0.351. The van der Waals surface area contributed by atoms with Crippen LogP contribution in [-0.4, -0.2) is 24.1 Å². The van der Waals surface area contributed by atoms with Crippen molar-refractivity contribution < 1.29 is 0 Å². The molecule has 0 aliphatic carbocycles. The number of aryl methyl sites for hydroxylation is 1. The van der Waals surface area contributed by atoms with E-state index in [9.17, 15) is 10.1 Å². The molecule has 6 aromatic rings. The maximum absolute atomic E-state index is 13.4. The number of rotatable bonds is 3. The lowest BCUT2D eigenvalue weighted by Gasteiger charge is -2.15. The highest BCUT2D eigenvalue weighted by molar-refractivity contribution is 6.04. The van der Waals surface area contributed by atoms with Crippen molar-refractivity contribution in [3.63, 3.8) is 0 Å². The molecular formula is C29H22N6O. The minimum absolute atomic E-state index is 0.189. The van der Waals surface area contributed by atoms with Gasteiger partial charge in [0.25, 0.3) is 0 Å². The van der Waals surface area contributed by atoms with E-state index in [0.29, 0.717) is 11.4 Å². The Hall–Kier alpha value is -4.83. The standard InChI is InChI=1S/C29H22N6O/c1-29(2,17-30)26-11-9-21(15-33-26)35-27-22-13-18(20-12-19-6-4-5-7-23(19)31-14-20)8-10-24(22)32-16-25(27)34(3)28(35)36/h4-16H,1-3H3. The van der Waals surface area contributed by atoms with Gasteiger partial charge in [0.15, 0.2) is 0 Å². The molecular weight excluding hydrogens is 448 g/mol. The summed E-state index contributed by atoms with van der Waals surface area (Å²) in [4.78, 5) is 27.1. The molecule has 174 valence electrons. The van der Waals surface area contributed by atoms with Crippen LogP contribution in [0.5, 0.6) is 0 Å². The fourth-order valence-electron chi connectivity index (χ4n) is 4.59. The van der Waals surface area contributed by atoms with Gasteiger partial charge in [0, 0.05) is 29.6 Å². The molecule has 0 fully saturated rings. The Kier molecular flexibility index (Phi) is 4.73. The summed E-state index contributed by atoms with van der Waals surface area (Å²) >= 11 is 0. The average molecular weight is 471 g/mol. The molecule has 0 bridgehead atoms. The molecule has 0 amide bonds. The Morgan fingerprint density at radius 3 is 2.44 bits per heavy atom. The number of hydrogen-bond acceptors (Lipinski definition) is 5. The second-order valence-corrected chi connectivity index (χ2v) is 9.46. The van der Waals surface area contributed by atoms with Gasteiger partial charge >= 0.3 is 5.69 Å². The molecule has 6 rings (SSSR count). The summed E-state index contributed by atoms with van der Waals surface area (Å²) in [5, 5.41) is 11.4. The molecule has 0 saturated carbocycles. The lowest BCUT2D eigenvalue weighted by atomic mass is 9.91. The number of fused-ring (bicyclic) bond motifs is 4. The van der Waals surface area contributed by atoms with E-state index < -0.39 is 5.41 Å². The van der Waals surface area contributed by atoms with Crippen LogP contribution < -0.4 is 5.69 Å². The molecule has 0 N–H and O–H groups in total. The summed E-state index contributed by atoms with van der Waals surface area (Å²) in [6.45, 7) is 3.64. The molecule has 0 saturated heterocycles. The van der Waals surface area contributed by atoms with Gasteiger partial charge in [-0.05, 0) is 55.8 Å². The first kappa shape index (κ1) is 21.7. The predicted octanol–water partition coefficient (Wildman–Crippen LogP) is 5.29. The summed E-state index contributed by atoms with van der Waals surface area (Å²) in [5.41, 5.74) is 5.57. The van der Waals surface area contributed by atoms with Crippen molar-refractivity contribution in [1.29, 1.82) is 5.26 Å². The first-order valence-corrected chi connectivity index (χ1v) is 11.6. The molecule has 0 aliphatic heterocycles. The zero-order chi connectivity index (χ0) is 25.0. The zero-order valence-electron chi connectivity index (χ0n) is 20.1. The van der Waals surface area contributed by atoms with Gasteiger partial charge in [-0.15, -0.1) is 0 Å². The van der Waals surface area contributed by atoms with E-state index in [1.165, 1.54) is 0 Å². The average Bonchev–Trinajstić information content (AvgIpc) is 3.18. The maximum Gasteiger partial charge on any atom is 0.333 e. The Balaban J connectivity index is 1.59. The topological polar surface area (TPSA) is 89.4 Å². The number of hydrogen-bond donors (Lipinski definition) is 0. The van der Waals surface area contributed by atoms with Crippen LogP contribution in [0, 0.1) is 11.3 Å². The van der Waals surface area contributed by atoms with Gasteiger partial charge in [-0.3, -0.25) is 24.1 Å². The van der Waals surface area contributed by atoms with Gasteiger partial charge in [-0.25, -0.2) is 4.79 Å². The summed E-state index contributed by atoms with van der Waals surface area (Å²) < 4.78 is 3.26. The number of nitrogens with zero attached hydrogens (tertiary/aromatic N) is 6. The third kappa shape index (κ3) is 3.27. The van der Waals surface area contributed by atoms with Gasteiger partial charge in [-0.2, -0.15) is 5.26 Å². The van der Waals surface area contributed by atoms with Crippen LogP contribution in [0.15, 0.2) is 84.0 Å². The van der Waals surface area contributed by atoms with E-state index in [1.54, 1.807) is 34.6 Å². The number of imidazole rings is 1. The first-order chi connectivity index (χ1) is 17.4. The molecule has 7 heteroatoms. The van der Waals surface area contributed by atoms with E-state index in [2.05, 4.69) is 33.2 Å². The van der Waals surface area contributed by atoms with Crippen LogP contribution >= 0.6 is 0 Å². The van der Waals surface area contributed by atoms with Crippen molar-refractivity contribution >= 4 is 32.8 Å². The molecule has 0 radical (unpaired) electrons. The number of aromatic nitrogens is 5. The van der Waals surface area contributed by atoms with Crippen LogP contribution in [0.25, 0.3) is 49.7 Å². The molecule has 7 nitrogen and oxygen atoms in total. The van der Waals surface area contributed by atoms with Crippen molar-refractivity contribution in [2.75, 3.05) is 0 Å². The zero-order valence-corrected chi connectivity index (χ0v) is 20.1. The highest BCUT2D eigenvalue weighted by Gasteiger charge is 2.22. The Morgan fingerprint density at radius 2 is 1.67 bits per heavy atom. The van der Waals surface area contributed by atoms with E-state index >= 15 is 0 Å². The molecule has 0 aliphatic rings. The highest BCUT2D eigenvalue weighted by atomic mass is 16.1. The monoisotopic (exact) mass is 470 g/mol. The molecule has 0 spiro atoms. The SMILES string of the molecule is Cn1c(=O)n(-c2ccc(C(C)(C)C#N)nc2)c2c3cc(-c4cnc5ccccc5c4)ccc3ncc21. The molecule has 0 unspecified atom stereocenters. The fourth-order valence-corrected chi connectivity index (χ4v) is 4.59. The van der Waals surface area contributed by atoms with Gasteiger partial charge in [0.2, 0.25) is 0 Å². The van der Waals surface area contributed by atoms with Gasteiger partial charge in [0.1, 0.15) is 0 Å². The first-order valence-electron chi connectivity index (χ1n) is 11.6. The number of pyridine rings is 3. The third-order valence-corrected chi connectivity index (χ3v) is 6.73. The second kappa shape index (κ2) is 7.85. The van der Waals surface area contributed by atoms with Crippen LogP contribution in [-0.2, 0) is 12.5 Å². The van der Waals surface area contributed by atoms with Gasteiger partial charge in [-0.1, -0.05) is 24.3 Å². The fraction of sp³-hybridized carbons (Fsp3) is 0.138. The van der Waals surface area contributed by atoms with Crippen molar-refractivity contribution in [3.05, 3.63) is 95.4 Å². The van der Waals surface area contributed by atoms with E-state index in [1.807, 2.05) is 62.5 Å². The van der Waals surface area contributed by atoms with Gasteiger partial charge in [0.05, 0.1) is 57.3 Å². The molecule has 4 heterocycles. The van der Waals surface area contributed by atoms with Crippen LogP contribution in [0.2, 0.25) is 0 Å². The van der Waals surface area contributed by atoms with E-state index in [-0.39, 0.29) is 5.69 Å². The van der Waals surface area contributed by atoms with Crippen LogP contribution in [0.4, 0.5) is 0 Å². The summed E-state index contributed by atoms with van der Waals surface area (Å²) in [5.74, 6) is 0. The lowest BCUT2D eigenvalue weighted by Crippen LogP contribution is -2.21. The van der Waals surface area contributed by atoms with E-state index in [0.717, 1.165) is 44.0 Å². The second-order valence-electron chi connectivity index (χ2n) is 9.46. The largest absolute Gasteiger partial charge is 0.333 e. The summed E-state index contributed by atoms with van der Waals surface area (Å²) in [6.07, 6.45) is 5.25. The van der Waals surface area contributed by atoms with Crippen molar-refractivity contribution in [2.45, 2.75) is 19.3 Å². The number of nitriles is 1. The maximum atomic E-state index is 13.4. The smallest absolute Gasteiger partial charge is 0.293 e. The van der Waals surface area contributed by atoms with Crippen LogP contribution in [0.3, 0.4) is 0 Å². The highest BCUT2D eigenvalue weighted by Crippen LogP contribution is 2.31. The lowest BCUT2D eigenvalue weighted by molar-refractivity contribution is 0.658.